The maximum atomic E-state index is 13.5. The Morgan fingerprint density at radius 3 is 2.70 bits per heavy atom. The summed E-state index contributed by atoms with van der Waals surface area (Å²) in [4.78, 5) is 25.0. The molecule has 1 aromatic carbocycles. The lowest BCUT2D eigenvalue weighted by atomic mass is 10.2. The number of halogens is 2. The molecule has 1 aromatic heterocycles. The van der Waals surface area contributed by atoms with Crippen LogP contribution in [-0.4, -0.2) is 35.5 Å². The maximum absolute atomic E-state index is 13.5. The second-order valence-corrected chi connectivity index (χ2v) is 5.76. The second-order valence-electron chi connectivity index (χ2n) is 5.35. The van der Waals surface area contributed by atoms with Crippen LogP contribution < -0.4 is 5.73 Å². The lowest BCUT2D eigenvalue weighted by molar-refractivity contribution is -0.121. The van der Waals surface area contributed by atoms with Crippen molar-refractivity contribution in [3.8, 4) is 11.3 Å². The first-order valence-corrected chi connectivity index (χ1v) is 7.44. The summed E-state index contributed by atoms with van der Waals surface area (Å²) < 4.78 is 19.1. The van der Waals surface area contributed by atoms with Gasteiger partial charge in [-0.3, -0.25) is 9.59 Å². The minimum absolute atomic E-state index is 0.0141. The van der Waals surface area contributed by atoms with E-state index in [-0.39, 0.29) is 18.7 Å². The molecule has 1 aliphatic heterocycles. The first kappa shape index (κ1) is 15.6. The van der Waals surface area contributed by atoms with Gasteiger partial charge in [0.1, 0.15) is 18.0 Å². The Morgan fingerprint density at radius 2 is 2.00 bits per heavy atom. The molecule has 0 bridgehead atoms. The number of rotatable bonds is 3. The van der Waals surface area contributed by atoms with Crippen LogP contribution in [0.15, 0.2) is 40.8 Å². The molecule has 0 radical (unpaired) electrons. The number of nitrogens with two attached hydrogens (primary N) is 1. The van der Waals surface area contributed by atoms with Crippen molar-refractivity contribution in [3.05, 3.63) is 47.2 Å². The van der Waals surface area contributed by atoms with Crippen molar-refractivity contribution in [3.63, 3.8) is 0 Å². The van der Waals surface area contributed by atoms with Crippen LogP contribution in [0.2, 0.25) is 5.02 Å². The average Bonchev–Trinajstić information content (AvgIpc) is 3.14. The molecule has 3 rings (SSSR count). The predicted octanol–water partition coefficient (Wildman–Crippen LogP) is 2.64. The molecule has 2 N–H and O–H groups in total. The molecule has 2 atom stereocenters. The van der Waals surface area contributed by atoms with E-state index in [1.54, 1.807) is 30.3 Å². The van der Waals surface area contributed by atoms with Crippen molar-refractivity contribution in [1.82, 2.24) is 4.90 Å². The van der Waals surface area contributed by atoms with Crippen molar-refractivity contribution in [1.29, 1.82) is 0 Å². The van der Waals surface area contributed by atoms with Crippen LogP contribution >= 0.6 is 11.6 Å². The number of nitrogens with zero attached hydrogens (tertiary/aromatic N) is 1. The molecule has 2 aromatic rings. The van der Waals surface area contributed by atoms with Crippen LogP contribution in [0.25, 0.3) is 11.3 Å². The molecular weight excluding hydrogens is 323 g/mol. The zero-order chi connectivity index (χ0) is 16.6. The zero-order valence-corrected chi connectivity index (χ0v) is 12.8. The summed E-state index contributed by atoms with van der Waals surface area (Å²) in [6, 6.07) is 9.17. The number of likely N-dealkylation sites (tertiary alicyclic amines) is 1. The summed E-state index contributed by atoms with van der Waals surface area (Å²) in [7, 11) is 0. The number of hydrogen-bond donors (Lipinski definition) is 1. The van der Waals surface area contributed by atoms with E-state index in [2.05, 4.69) is 0 Å². The highest BCUT2D eigenvalue weighted by Crippen LogP contribution is 2.30. The van der Waals surface area contributed by atoms with Crippen LogP contribution in [-0.2, 0) is 4.79 Å². The number of hydrogen-bond acceptors (Lipinski definition) is 3. The quantitative estimate of drug-likeness (QED) is 0.936. The molecule has 2 amide bonds. The summed E-state index contributed by atoms with van der Waals surface area (Å²) in [5.41, 5.74) is 5.88. The van der Waals surface area contributed by atoms with Gasteiger partial charge in [-0.05, 0) is 24.3 Å². The number of furan rings is 1. The van der Waals surface area contributed by atoms with E-state index < -0.39 is 24.0 Å². The van der Waals surface area contributed by atoms with Crippen molar-refractivity contribution in [2.24, 2.45) is 5.73 Å². The Morgan fingerprint density at radius 1 is 1.26 bits per heavy atom. The Kier molecular flexibility index (Phi) is 4.09. The average molecular weight is 337 g/mol. The van der Waals surface area contributed by atoms with Gasteiger partial charge in [-0.2, -0.15) is 0 Å². The zero-order valence-electron chi connectivity index (χ0n) is 12.0. The molecule has 5 nitrogen and oxygen atoms in total. The minimum Gasteiger partial charge on any atom is -0.451 e. The highest BCUT2D eigenvalue weighted by Gasteiger charge is 2.40. The summed E-state index contributed by atoms with van der Waals surface area (Å²) in [5, 5.41) is 0.487. The number of carbonyl (C=O) groups is 2. The fourth-order valence-electron chi connectivity index (χ4n) is 2.68. The Labute approximate surface area is 136 Å². The van der Waals surface area contributed by atoms with Gasteiger partial charge in [-0.25, -0.2) is 4.39 Å². The van der Waals surface area contributed by atoms with Crippen molar-refractivity contribution < 1.29 is 18.4 Å². The molecule has 0 saturated carbocycles. The van der Waals surface area contributed by atoms with E-state index in [0.29, 0.717) is 16.3 Å². The third kappa shape index (κ3) is 2.94. The molecule has 0 unspecified atom stereocenters. The monoisotopic (exact) mass is 336 g/mol. The molecule has 0 aliphatic carbocycles. The lowest BCUT2D eigenvalue weighted by Gasteiger charge is -2.20. The van der Waals surface area contributed by atoms with Crippen LogP contribution in [0.3, 0.4) is 0 Å². The van der Waals surface area contributed by atoms with E-state index in [1.807, 2.05) is 0 Å². The van der Waals surface area contributed by atoms with Crippen LogP contribution in [0.4, 0.5) is 4.39 Å². The first-order chi connectivity index (χ1) is 11.0. The normalized spacial score (nSPS) is 20.7. The van der Waals surface area contributed by atoms with Gasteiger partial charge in [0.05, 0.1) is 11.6 Å². The Bertz CT molecular complexity index is 761. The van der Waals surface area contributed by atoms with Crippen molar-refractivity contribution >= 4 is 23.4 Å². The van der Waals surface area contributed by atoms with Gasteiger partial charge in [-0.15, -0.1) is 0 Å². The number of alkyl halides is 1. The third-order valence-electron chi connectivity index (χ3n) is 3.80. The van der Waals surface area contributed by atoms with Crippen LogP contribution in [0, 0.1) is 0 Å². The van der Waals surface area contributed by atoms with Gasteiger partial charge >= 0.3 is 0 Å². The predicted molar refractivity (Wildman–Crippen MR) is 82.7 cm³/mol. The van der Waals surface area contributed by atoms with Gasteiger partial charge < -0.3 is 15.1 Å². The van der Waals surface area contributed by atoms with Crippen molar-refractivity contribution in [2.45, 2.75) is 18.6 Å². The summed E-state index contributed by atoms with van der Waals surface area (Å²) in [6.07, 6.45) is -1.35. The highest BCUT2D eigenvalue weighted by molar-refractivity contribution is 6.33. The number of amides is 2. The SMILES string of the molecule is NC(=O)[C@@H]1C[C@@H](F)CN1C(=O)c1ccc(-c2ccccc2Cl)o1. The maximum Gasteiger partial charge on any atom is 0.290 e. The third-order valence-corrected chi connectivity index (χ3v) is 4.13. The van der Waals surface area contributed by atoms with Gasteiger partial charge in [-0.1, -0.05) is 23.7 Å². The standard InChI is InChI=1S/C16H14ClFN2O3/c17-11-4-2-1-3-10(11)13-5-6-14(23-13)16(22)20-8-9(18)7-12(20)15(19)21/h1-6,9,12H,7-8H2,(H2,19,21)/t9-,12+/m1/s1. The molecule has 1 fully saturated rings. The van der Waals surface area contributed by atoms with Gasteiger partial charge in [0, 0.05) is 12.0 Å². The molecule has 1 aliphatic rings. The summed E-state index contributed by atoms with van der Waals surface area (Å²) >= 11 is 6.09. The van der Waals surface area contributed by atoms with Gasteiger partial charge in [0.25, 0.3) is 5.91 Å². The van der Waals surface area contributed by atoms with Gasteiger partial charge in [0.2, 0.25) is 5.91 Å². The molecular formula is C16H14ClFN2O3. The number of primary amides is 1. The fraction of sp³-hybridized carbons (Fsp3) is 0.250. The molecule has 0 spiro atoms. The number of carbonyl (C=O) groups excluding carboxylic acids is 2. The van der Waals surface area contributed by atoms with E-state index in [4.69, 9.17) is 21.8 Å². The molecule has 120 valence electrons. The topological polar surface area (TPSA) is 76.5 Å². The summed E-state index contributed by atoms with van der Waals surface area (Å²) in [5.74, 6) is -0.852. The van der Waals surface area contributed by atoms with E-state index >= 15 is 0 Å². The minimum atomic E-state index is -1.27. The molecule has 23 heavy (non-hydrogen) atoms. The van der Waals surface area contributed by atoms with E-state index in [0.717, 1.165) is 4.90 Å². The van der Waals surface area contributed by atoms with E-state index in [9.17, 15) is 14.0 Å². The first-order valence-electron chi connectivity index (χ1n) is 7.06. The lowest BCUT2D eigenvalue weighted by Crippen LogP contribution is -2.43. The summed E-state index contributed by atoms with van der Waals surface area (Å²) in [6.45, 7) is -0.172. The number of benzene rings is 1. The highest BCUT2D eigenvalue weighted by atomic mass is 35.5. The van der Waals surface area contributed by atoms with Crippen LogP contribution in [0.1, 0.15) is 17.0 Å². The van der Waals surface area contributed by atoms with Crippen molar-refractivity contribution in [2.75, 3.05) is 6.54 Å². The molecule has 1 saturated heterocycles. The smallest absolute Gasteiger partial charge is 0.290 e. The van der Waals surface area contributed by atoms with Gasteiger partial charge in [0.15, 0.2) is 5.76 Å². The van der Waals surface area contributed by atoms with Crippen LogP contribution in [0.5, 0.6) is 0 Å². The fourth-order valence-corrected chi connectivity index (χ4v) is 2.91. The van der Waals surface area contributed by atoms with E-state index in [1.165, 1.54) is 6.07 Å². The molecule has 2 heterocycles. The Hall–Kier alpha value is -2.34. The Balaban J connectivity index is 1.87. The molecule has 7 heteroatoms. The second kappa shape index (κ2) is 6.04. The largest absolute Gasteiger partial charge is 0.451 e.